The number of benzene rings is 2. The second-order valence-corrected chi connectivity index (χ2v) is 5.66. The van der Waals surface area contributed by atoms with Crippen LogP contribution in [0.25, 0.3) is 0 Å². The minimum absolute atomic E-state index is 0.245. The lowest BCUT2D eigenvalue weighted by molar-refractivity contribution is 0.102. The largest absolute Gasteiger partial charge is 0.457 e. The fourth-order valence-corrected chi connectivity index (χ4v) is 2.28. The first-order chi connectivity index (χ1) is 12.1. The molecule has 0 aliphatic carbocycles. The third-order valence-corrected chi connectivity index (χ3v) is 3.57. The van der Waals surface area contributed by atoms with E-state index in [0.29, 0.717) is 22.7 Å². The van der Waals surface area contributed by atoms with Crippen molar-refractivity contribution in [1.29, 1.82) is 0 Å². The van der Waals surface area contributed by atoms with Crippen LogP contribution in [-0.2, 0) is 0 Å². The fourth-order valence-electron chi connectivity index (χ4n) is 2.28. The van der Waals surface area contributed by atoms with Gasteiger partial charge in [0.2, 0.25) is 0 Å². The van der Waals surface area contributed by atoms with Crippen LogP contribution in [-0.4, -0.2) is 25.0 Å². The van der Waals surface area contributed by atoms with E-state index in [2.05, 4.69) is 10.3 Å². The van der Waals surface area contributed by atoms with Crippen LogP contribution in [0.15, 0.2) is 72.9 Å². The molecule has 1 heterocycles. The maximum atomic E-state index is 12.6. The Kier molecular flexibility index (Phi) is 4.95. The number of carbonyl (C=O) groups excluding carboxylic acids is 1. The van der Waals surface area contributed by atoms with E-state index in [9.17, 15) is 4.79 Å². The topological polar surface area (TPSA) is 54.5 Å². The van der Waals surface area contributed by atoms with Crippen molar-refractivity contribution in [3.8, 4) is 11.5 Å². The Labute approximate surface area is 146 Å². The summed E-state index contributed by atoms with van der Waals surface area (Å²) in [6.07, 6.45) is 1.63. The number of aromatic nitrogens is 1. The van der Waals surface area contributed by atoms with Crippen LogP contribution in [0, 0.1) is 0 Å². The fraction of sp³-hybridized carbons (Fsp3) is 0.100. The molecule has 5 nitrogen and oxygen atoms in total. The lowest BCUT2D eigenvalue weighted by atomic mass is 10.2. The summed E-state index contributed by atoms with van der Waals surface area (Å²) in [5, 5.41) is 2.85. The molecule has 0 atom stereocenters. The average Bonchev–Trinajstić information content (AvgIpc) is 2.63. The van der Waals surface area contributed by atoms with Crippen LogP contribution in [0.1, 0.15) is 10.4 Å². The molecule has 1 amide bonds. The van der Waals surface area contributed by atoms with Gasteiger partial charge < -0.3 is 15.0 Å². The monoisotopic (exact) mass is 333 g/mol. The summed E-state index contributed by atoms with van der Waals surface area (Å²) in [5.41, 5.74) is 1.09. The van der Waals surface area contributed by atoms with Gasteiger partial charge in [-0.1, -0.05) is 30.3 Å². The van der Waals surface area contributed by atoms with Crippen LogP contribution in [0.5, 0.6) is 11.5 Å². The highest BCUT2D eigenvalue weighted by atomic mass is 16.5. The molecule has 3 rings (SSSR count). The summed E-state index contributed by atoms with van der Waals surface area (Å²) < 4.78 is 5.84. The molecule has 0 spiro atoms. The summed E-state index contributed by atoms with van der Waals surface area (Å²) in [6.45, 7) is 0. The highest BCUT2D eigenvalue weighted by Gasteiger charge is 2.13. The van der Waals surface area contributed by atoms with E-state index in [1.165, 1.54) is 0 Å². The SMILES string of the molecule is CN(C)c1ccc(NC(=O)c2ccccc2Oc2ccccc2)cn1. The van der Waals surface area contributed by atoms with Crippen LogP contribution in [0.3, 0.4) is 0 Å². The molecule has 3 aromatic rings. The summed E-state index contributed by atoms with van der Waals surface area (Å²) in [6, 6.07) is 20.2. The molecule has 5 heteroatoms. The predicted octanol–water partition coefficient (Wildman–Crippen LogP) is 4.19. The van der Waals surface area contributed by atoms with Gasteiger partial charge in [-0.2, -0.15) is 0 Å². The molecule has 0 bridgehead atoms. The normalized spacial score (nSPS) is 10.2. The number of pyridine rings is 1. The molecule has 0 saturated carbocycles. The van der Waals surface area contributed by atoms with Crippen LogP contribution in [0.4, 0.5) is 11.5 Å². The van der Waals surface area contributed by atoms with Crippen molar-refractivity contribution in [2.45, 2.75) is 0 Å². The van der Waals surface area contributed by atoms with Gasteiger partial charge in [-0.3, -0.25) is 4.79 Å². The molecule has 1 aromatic heterocycles. The quantitative estimate of drug-likeness (QED) is 0.760. The third-order valence-electron chi connectivity index (χ3n) is 3.57. The summed E-state index contributed by atoms with van der Waals surface area (Å²) >= 11 is 0. The zero-order valence-corrected chi connectivity index (χ0v) is 14.1. The number of carbonyl (C=O) groups is 1. The maximum Gasteiger partial charge on any atom is 0.259 e. The highest BCUT2D eigenvalue weighted by Crippen LogP contribution is 2.25. The zero-order chi connectivity index (χ0) is 17.6. The highest BCUT2D eigenvalue weighted by molar-refractivity contribution is 6.06. The van der Waals surface area contributed by atoms with E-state index < -0.39 is 0 Å². The Hall–Kier alpha value is -3.34. The Morgan fingerprint density at radius 3 is 2.36 bits per heavy atom. The van der Waals surface area contributed by atoms with Gasteiger partial charge in [0, 0.05) is 14.1 Å². The van der Waals surface area contributed by atoms with Gasteiger partial charge in [-0.05, 0) is 36.4 Å². The van der Waals surface area contributed by atoms with Gasteiger partial charge in [0.25, 0.3) is 5.91 Å². The van der Waals surface area contributed by atoms with Crippen molar-refractivity contribution in [1.82, 2.24) is 4.98 Å². The van der Waals surface area contributed by atoms with Crippen molar-refractivity contribution in [2.75, 3.05) is 24.3 Å². The number of anilines is 2. The third kappa shape index (κ3) is 4.14. The molecule has 0 aliphatic heterocycles. The number of para-hydroxylation sites is 2. The van der Waals surface area contributed by atoms with Gasteiger partial charge in [-0.15, -0.1) is 0 Å². The Morgan fingerprint density at radius 2 is 1.68 bits per heavy atom. The van der Waals surface area contributed by atoms with Gasteiger partial charge in [-0.25, -0.2) is 4.98 Å². The molecule has 0 saturated heterocycles. The minimum Gasteiger partial charge on any atom is -0.457 e. The van der Waals surface area contributed by atoms with Gasteiger partial charge in [0.15, 0.2) is 0 Å². The standard InChI is InChI=1S/C20H19N3O2/c1-23(2)19-13-12-15(14-21-19)22-20(24)17-10-6-7-11-18(17)25-16-8-4-3-5-9-16/h3-14H,1-2H3,(H,22,24). The van der Waals surface area contributed by atoms with Crippen molar-refractivity contribution in [3.05, 3.63) is 78.5 Å². The molecule has 2 aromatic carbocycles. The van der Waals surface area contributed by atoms with Gasteiger partial charge in [0.05, 0.1) is 17.4 Å². The summed E-state index contributed by atoms with van der Waals surface area (Å²) in [5.74, 6) is 1.76. The Balaban J connectivity index is 1.78. The number of hydrogen-bond donors (Lipinski definition) is 1. The molecule has 0 aliphatic rings. The van der Waals surface area contributed by atoms with Crippen molar-refractivity contribution >= 4 is 17.4 Å². The number of hydrogen-bond acceptors (Lipinski definition) is 4. The summed E-state index contributed by atoms with van der Waals surface area (Å²) in [7, 11) is 3.83. The first-order valence-electron chi connectivity index (χ1n) is 7.90. The van der Waals surface area contributed by atoms with Gasteiger partial charge in [0.1, 0.15) is 17.3 Å². The zero-order valence-electron chi connectivity index (χ0n) is 14.1. The second-order valence-electron chi connectivity index (χ2n) is 5.66. The summed E-state index contributed by atoms with van der Waals surface area (Å²) in [4.78, 5) is 18.8. The van der Waals surface area contributed by atoms with Gasteiger partial charge >= 0.3 is 0 Å². The van der Waals surface area contributed by atoms with Crippen molar-refractivity contribution in [3.63, 3.8) is 0 Å². The molecule has 126 valence electrons. The molecule has 25 heavy (non-hydrogen) atoms. The smallest absolute Gasteiger partial charge is 0.259 e. The lowest BCUT2D eigenvalue weighted by Crippen LogP contribution is -2.14. The van der Waals surface area contributed by atoms with E-state index in [0.717, 1.165) is 5.82 Å². The molecule has 1 N–H and O–H groups in total. The van der Waals surface area contributed by atoms with Crippen molar-refractivity contribution < 1.29 is 9.53 Å². The molecular weight excluding hydrogens is 314 g/mol. The minimum atomic E-state index is -0.245. The van der Waals surface area contributed by atoms with E-state index in [-0.39, 0.29) is 5.91 Å². The first-order valence-corrected chi connectivity index (χ1v) is 7.90. The van der Waals surface area contributed by atoms with E-state index in [4.69, 9.17) is 4.74 Å². The van der Waals surface area contributed by atoms with E-state index in [1.54, 1.807) is 24.4 Å². The second kappa shape index (κ2) is 7.49. The van der Waals surface area contributed by atoms with Crippen LogP contribution < -0.4 is 15.0 Å². The van der Waals surface area contributed by atoms with Crippen LogP contribution >= 0.6 is 0 Å². The number of rotatable bonds is 5. The van der Waals surface area contributed by atoms with E-state index >= 15 is 0 Å². The first kappa shape index (κ1) is 16.5. The average molecular weight is 333 g/mol. The number of ether oxygens (including phenoxy) is 1. The van der Waals surface area contributed by atoms with Crippen LogP contribution in [0.2, 0.25) is 0 Å². The molecule has 0 unspecified atom stereocenters. The molecule has 0 fully saturated rings. The maximum absolute atomic E-state index is 12.6. The Bertz CT molecular complexity index is 846. The Morgan fingerprint density at radius 1 is 0.960 bits per heavy atom. The van der Waals surface area contributed by atoms with E-state index in [1.807, 2.05) is 67.5 Å². The molecule has 0 radical (unpaired) electrons. The molecular formula is C20H19N3O2. The number of nitrogens with one attached hydrogen (secondary N) is 1. The predicted molar refractivity (Wildman–Crippen MR) is 99.5 cm³/mol. The number of amides is 1. The number of nitrogens with zero attached hydrogens (tertiary/aromatic N) is 2. The van der Waals surface area contributed by atoms with Crippen molar-refractivity contribution in [2.24, 2.45) is 0 Å². The lowest BCUT2D eigenvalue weighted by Gasteiger charge is -2.13.